The van der Waals surface area contributed by atoms with Crippen LogP contribution in [0.5, 0.6) is 0 Å². The topological polar surface area (TPSA) is 67.0 Å². The van der Waals surface area contributed by atoms with Gasteiger partial charge in [0.2, 0.25) is 5.91 Å². The molecule has 2 N–H and O–H groups in total. The quantitative estimate of drug-likeness (QED) is 0.765. The van der Waals surface area contributed by atoms with Gasteiger partial charge in [0, 0.05) is 31.2 Å². The van der Waals surface area contributed by atoms with Crippen molar-refractivity contribution in [3.05, 3.63) is 17.7 Å². The number of nitrogens with zero attached hydrogens (tertiary/aromatic N) is 1. The normalized spacial score (nSPS) is 18.4. The lowest BCUT2D eigenvalue weighted by atomic mass is 9.89. The molecule has 1 aliphatic rings. The van der Waals surface area contributed by atoms with Gasteiger partial charge >= 0.3 is 0 Å². The standard InChI is InChI=1S/C14H23N3O2/c1-10(2)19-7-3-6-15-14(18)11-4-5-12-13(8-11)17-9-16-12/h9-11H,3-8H2,1-2H3,(H,15,18)(H,16,17). The lowest BCUT2D eigenvalue weighted by molar-refractivity contribution is -0.125. The fourth-order valence-electron chi connectivity index (χ4n) is 2.37. The number of rotatable bonds is 6. The Morgan fingerprint density at radius 2 is 2.47 bits per heavy atom. The first-order valence-electron chi connectivity index (χ1n) is 7.07. The van der Waals surface area contributed by atoms with Crippen LogP contribution in [0.2, 0.25) is 0 Å². The third kappa shape index (κ3) is 4.06. The Morgan fingerprint density at radius 3 is 3.26 bits per heavy atom. The number of hydrogen-bond donors (Lipinski definition) is 2. The summed E-state index contributed by atoms with van der Waals surface area (Å²) in [5, 5.41) is 3.00. The zero-order valence-corrected chi connectivity index (χ0v) is 11.7. The molecule has 1 atom stereocenters. The first kappa shape index (κ1) is 14.1. The Labute approximate surface area is 114 Å². The largest absolute Gasteiger partial charge is 0.379 e. The van der Waals surface area contributed by atoms with Crippen LogP contribution in [0.25, 0.3) is 0 Å². The molecule has 5 nitrogen and oxygen atoms in total. The van der Waals surface area contributed by atoms with E-state index < -0.39 is 0 Å². The van der Waals surface area contributed by atoms with Crippen LogP contribution in [0.3, 0.4) is 0 Å². The molecule has 19 heavy (non-hydrogen) atoms. The second-order valence-corrected chi connectivity index (χ2v) is 5.33. The first-order chi connectivity index (χ1) is 9.16. The summed E-state index contributed by atoms with van der Waals surface area (Å²) in [6, 6.07) is 0. The van der Waals surface area contributed by atoms with Crippen LogP contribution in [0.4, 0.5) is 0 Å². The maximum Gasteiger partial charge on any atom is 0.223 e. The summed E-state index contributed by atoms with van der Waals surface area (Å²) in [6.45, 7) is 5.43. The zero-order valence-electron chi connectivity index (χ0n) is 11.7. The maximum atomic E-state index is 12.0. The van der Waals surface area contributed by atoms with Gasteiger partial charge in [-0.3, -0.25) is 4.79 Å². The molecule has 1 aliphatic carbocycles. The number of fused-ring (bicyclic) bond motifs is 1. The van der Waals surface area contributed by atoms with Crippen molar-refractivity contribution in [2.45, 2.75) is 45.6 Å². The van der Waals surface area contributed by atoms with E-state index >= 15 is 0 Å². The number of carbonyl (C=O) groups is 1. The van der Waals surface area contributed by atoms with Crippen LogP contribution in [0.1, 0.15) is 38.1 Å². The fraction of sp³-hybridized carbons (Fsp3) is 0.714. The first-order valence-corrected chi connectivity index (χ1v) is 7.07. The number of imidazole rings is 1. The van der Waals surface area contributed by atoms with Crippen molar-refractivity contribution < 1.29 is 9.53 Å². The van der Waals surface area contributed by atoms with Crippen LogP contribution in [0, 0.1) is 5.92 Å². The van der Waals surface area contributed by atoms with E-state index in [1.165, 1.54) is 0 Å². The van der Waals surface area contributed by atoms with Crippen molar-refractivity contribution in [1.29, 1.82) is 0 Å². The Kier molecular flexibility index (Phi) is 4.96. The fourth-order valence-corrected chi connectivity index (χ4v) is 2.37. The van der Waals surface area contributed by atoms with Crippen molar-refractivity contribution in [2.24, 2.45) is 5.92 Å². The Hall–Kier alpha value is -1.36. The monoisotopic (exact) mass is 265 g/mol. The van der Waals surface area contributed by atoms with Gasteiger partial charge in [-0.15, -0.1) is 0 Å². The van der Waals surface area contributed by atoms with E-state index in [0.29, 0.717) is 13.2 Å². The smallest absolute Gasteiger partial charge is 0.223 e. The summed E-state index contributed by atoms with van der Waals surface area (Å²) in [6.07, 6.45) is 5.41. The molecule has 0 aliphatic heterocycles. The zero-order chi connectivity index (χ0) is 13.7. The molecule has 1 aromatic rings. The molecule has 1 aromatic heterocycles. The number of amides is 1. The molecule has 1 heterocycles. The minimum atomic E-state index is 0.0824. The second kappa shape index (κ2) is 6.70. The summed E-state index contributed by atoms with van der Waals surface area (Å²) in [5.41, 5.74) is 2.24. The van der Waals surface area contributed by atoms with Crippen LogP contribution in [-0.4, -0.2) is 35.1 Å². The molecular weight excluding hydrogens is 242 g/mol. The van der Waals surface area contributed by atoms with Gasteiger partial charge in [-0.1, -0.05) is 0 Å². The molecule has 1 amide bonds. The predicted octanol–water partition coefficient (Wildman–Crippen LogP) is 1.45. The minimum Gasteiger partial charge on any atom is -0.379 e. The molecule has 0 saturated carbocycles. The van der Waals surface area contributed by atoms with E-state index in [1.54, 1.807) is 6.33 Å². The van der Waals surface area contributed by atoms with Crippen molar-refractivity contribution in [1.82, 2.24) is 15.3 Å². The van der Waals surface area contributed by atoms with Crippen LogP contribution >= 0.6 is 0 Å². The highest BCUT2D eigenvalue weighted by atomic mass is 16.5. The number of aryl methyl sites for hydroxylation is 1. The summed E-state index contributed by atoms with van der Waals surface area (Å²) < 4.78 is 5.44. The second-order valence-electron chi connectivity index (χ2n) is 5.33. The van der Waals surface area contributed by atoms with E-state index in [4.69, 9.17) is 4.74 Å². The predicted molar refractivity (Wildman–Crippen MR) is 72.8 cm³/mol. The van der Waals surface area contributed by atoms with Gasteiger partial charge in [-0.25, -0.2) is 4.98 Å². The Balaban J connectivity index is 1.67. The highest BCUT2D eigenvalue weighted by molar-refractivity contribution is 5.79. The number of ether oxygens (including phenoxy) is 1. The van der Waals surface area contributed by atoms with Crippen molar-refractivity contribution in [2.75, 3.05) is 13.2 Å². The summed E-state index contributed by atoms with van der Waals surface area (Å²) in [4.78, 5) is 19.4. The molecule has 2 rings (SSSR count). The summed E-state index contributed by atoms with van der Waals surface area (Å²) >= 11 is 0. The van der Waals surface area contributed by atoms with E-state index in [2.05, 4.69) is 15.3 Å². The van der Waals surface area contributed by atoms with Crippen molar-refractivity contribution in [3.63, 3.8) is 0 Å². The molecule has 1 unspecified atom stereocenters. The van der Waals surface area contributed by atoms with Gasteiger partial charge < -0.3 is 15.0 Å². The number of nitrogens with one attached hydrogen (secondary N) is 2. The molecule has 0 saturated heterocycles. The van der Waals surface area contributed by atoms with E-state index in [1.807, 2.05) is 13.8 Å². The number of carbonyl (C=O) groups excluding carboxylic acids is 1. The van der Waals surface area contributed by atoms with Gasteiger partial charge in [-0.2, -0.15) is 0 Å². The maximum absolute atomic E-state index is 12.0. The third-order valence-corrected chi connectivity index (χ3v) is 3.43. The van der Waals surface area contributed by atoms with Gasteiger partial charge in [0.25, 0.3) is 0 Å². The molecule has 0 radical (unpaired) electrons. The van der Waals surface area contributed by atoms with Gasteiger partial charge in [0.15, 0.2) is 0 Å². The third-order valence-electron chi connectivity index (χ3n) is 3.43. The van der Waals surface area contributed by atoms with E-state index in [-0.39, 0.29) is 17.9 Å². The van der Waals surface area contributed by atoms with Gasteiger partial charge in [-0.05, 0) is 33.1 Å². The number of aromatic nitrogens is 2. The van der Waals surface area contributed by atoms with Crippen LogP contribution in [-0.2, 0) is 22.4 Å². The highest BCUT2D eigenvalue weighted by Gasteiger charge is 2.25. The van der Waals surface area contributed by atoms with E-state index in [0.717, 1.165) is 37.1 Å². The molecule has 5 heteroatoms. The SMILES string of the molecule is CC(C)OCCCNC(=O)C1CCc2nc[nH]c2C1. The summed E-state index contributed by atoms with van der Waals surface area (Å²) in [5.74, 6) is 0.240. The Morgan fingerprint density at radius 1 is 1.63 bits per heavy atom. The Bertz CT molecular complexity index is 415. The highest BCUT2D eigenvalue weighted by Crippen LogP contribution is 2.22. The van der Waals surface area contributed by atoms with Gasteiger partial charge in [0.1, 0.15) is 0 Å². The van der Waals surface area contributed by atoms with E-state index in [9.17, 15) is 4.79 Å². The van der Waals surface area contributed by atoms with Gasteiger partial charge in [0.05, 0.1) is 18.1 Å². The molecule has 106 valence electrons. The molecular formula is C14H23N3O2. The van der Waals surface area contributed by atoms with Crippen LogP contribution < -0.4 is 5.32 Å². The average molecular weight is 265 g/mol. The number of aromatic amines is 1. The molecule has 0 bridgehead atoms. The number of hydrogen-bond acceptors (Lipinski definition) is 3. The van der Waals surface area contributed by atoms with Crippen molar-refractivity contribution >= 4 is 5.91 Å². The lowest BCUT2D eigenvalue weighted by Crippen LogP contribution is -2.35. The molecule has 0 fully saturated rings. The molecule has 0 aromatic carbocycles. The molecule has 0 spiro atoms. The number of H-pyrrole nitrogens is 1. The minimum absolute atomic E-state index is 0.0824. The van der Waals surface area contributed by atoms with Crippen LogP contribution in [0.15, 0.2) is 6.33 Å². The van der Waals surface area contributed by atoms with Crippen molar-refractivity contribution in [3.8, 4) is 0 Å². The lowest BCUT2D eigenvalue weighted by Gasteiger charge is -2.20. The summed E-state index contributed by atoms with van der Waals surface area (Å²) in [7, 11) is 0. The average Bonchev–Trinajstić information content (AvgIpc) is 2.84.